The van der Waals surface area contributed by atoms with Gasteiger partial charge in [-0.1, -0.05) is 13.8 Å². The third kappa shape index (κ3) is 4.87. The molecule has 0 atom stereocenters. The van der Waals surface area contributed by atoms with Crippen molar-refractivity contribution in [3.63, 3.8) is 0 Å². The predicted octanol–water partition coefficient (Wildman–Crippen LogP) is 2.77. The number of furan rings is 1. The zero-order valence-electron chi connectivity index (χ0n) is 13.2. The van der Waals surface area contributed by atoms with Crippen molar-refractivity contribution in [1.29, 1.82) is 0 Å². The monoisotopic (exact) mass is 302 g/mol. The van der Waals surface area contributed by atoms with E-state index in [-0.39, 0.29) is 5.91 Å². The summed E-state index contributed by atoms with van der Waals surface area (Å²) in [6.45, 7) is 7.29. The lowest BCUT2D eigenvalue weighted by Gasteiger charge is -2.09. The number of hydrogen-bond acceptors (Lipinski definition) is 5. The number of aryl methyl sites for hydroxylation is 1. The summed E-state index contributed by atoms with van der Waals surface area (Å²) < 4.78 is 5.18. The van der Waals surface area contributed by atoms with Gasteiger partial charge in [0, 0.05) is 12.2 Å². The normalized spacial score (nSPS) is 10.7. The molecule has 1 amide bonds. The summed E-state index contributed by atoms with van der Waals surface area (Å²) in [5.41, 5.74) is 1.11. The van der Waals surface area contributed by atoms with Gasteiger partial charge in [-0.15, -0.1) is 0 Å². The largest absolute Gasteiger partial charge is 0.467 e. The van der Waals surface area contributed by atoms with Gasteiger partial charge in [0.05, 0.1) is 12.8 Å². The highest BCUT2D eigenvalue weighted by atomic mass is 16.3. The fourth-order valence-corrected chi connectivity index (χ4v) is 1.91. The van der Waals surface area contributed by atoms with Crippen LogP contribution in [0.3, 0.4) is 0 Å². The molecule has 2 aromatic rings. The zero-order chi connectivity index (χ0) is 15.9. The molecule has 0 bridgehead atoms. The van der Waals surface area contributed by atoms with Crippen LogP contribution < -0.4 is 10.6 Å². The molecule has 2 rings (SSSR count). The number of nitrogens with one attached hydrogen (secondary N) is 2. The SMILES string of the molecule is Cc1cc(C(=O)NCc2ccco2)nc(NCCC(C)C)n1. The Balaban J connectivity index is 1.97. The first-order chi connectivity index (χ1) is 10.5. The van der Waals surface area contributed by atoms with Gasteiger partial charge < -0.3 is 15.1 Å². The molecule has 6 nitrogen and oxygen atoms in total. The molecule has 2 heterocycles. The molecular weight excluding hydrogens is 280 g/mol. The molecule has 0 aliphatic rings. The minimum absolute atomic E-state index is 0.242. The number of rotatable bonds is 7. The third-order valence-electron chi connectivity index (χ3n) is 3.09. The molecule has 0 saturated carbocycles. The lowest BCUT2D eigenvalue weighted by molar-refractivity contribution is 0.0943. The van der Waals surface area contributed by atoms with Crippen molar-refractivity contribution in [3.05, 3.63) is 41.6 Å². The Morgan fingerprint density at radius 2 is 2.18 bits per heavy atom. The van der Waals surface area contributed by atoms with Crippen molar-refractivity contribution in [2.75, 3.05) is 11.9 Å². The van der Waals surface area contributed by atoms with Gasteiger partial charge in [-0.3, -0.25) is 4.79 Å². The first-order valence-electron chi connectivity index (χ1n) is 7.44. The first-order valence-corrected chi connectivity index (χ1v) is 7.44. The number of hydrogen-bond donors (Lipinski definition) is 2. The van der Waals surface area contributed by atoms with Gasteiger partial charge >= 0.3 is 0 Å². The minimum Gasteiger partial charge on any atom is -0.467 e. The van der Waals surface area contributed by atoms with Gasteiger partial charge in [-0.25, -0.2) is 9.97 Å². The second-order valence-corrected chi connectivity index (χ2v) is 5.59. The number of carbonyl (C=O) groups excluding carboxylic acids is 1. The topological polar surface area (TPSA) is 80.0 Å². The second-order valence-electron chi connectivity index (χ2n) is 5.59. The number of nitrogens with zero attached hydrogens (tertiary/aromatic N) is 2. The van der Waals surface area contributed by atoms with E-state index < -0.39 is 0 Å². The molecule has 0 aliphatic heterocycles. The Morgan fingerprint density at radius 1 is 1.36 bits per heavy atom. The average Bonchev–Trinajstić information content (AvgIpc) is 2.97. The fourth-order valence-electron chi connectivity index (χ4n) is 1.91. The van der Waals surface area contributed by atoms with Crippen LogP contribution in [0.2, 0.25) is 0 Å². The summed E-state index contributed by atoms with van der Waals surface area (Å²) in [5.74, 6) is 1.56. The number of carbonyl (C=O) groups is 1. The van der Waals surface area contributed by atoms with E-state index >= 15 is 0 Å². The van der Waals surface area contributed by atoms with E-state index in [0.717, 1.165) is 18.7 Å². The molecule has 2 aromatic heterocycles. The van der Waals surface area contributed by atoms with Crippen LogP contribution in [-0.2, 0) is 6.54 Å². The summed E-state index contributed by atoms with van der Waals surface area (Å²) in [6, 6.07) is 5.27. The van der Waals surface area contributed by atoms with Gasteiger partial charge in [0.15, 0.2) is 0 Å². The van der Waals surface area contributed by atoms with Crippen molar-refractivity contribution in [2.45, 2.75) is 33.7 Å². The molecule has 0 aromatic carbocycles. The highest BCUT2D eigenvalue weighted by Gasteiger charge is 2.11. The molecule has 6 heteroatoms. The van der Waals surface area contributed by atoms with Crippen LogP contribution in [-0.4, -0.2) is 22.4 Å². The van der Waals surface area contributed by atoms with E-state index in [0.29, 0.717) is 29.9 Å². The maximum Gasteiger partial charge on any atom is 0.270 e. The quantitative estimate of drug-likeness (QED) is 0.822. The maximum atomic E-state index is 12.2. The van der Waals surface area contributed by atoms with Crippen molar-refractivity contribution in [3.8, 4) is 0 Å². The Labute approximate surface area is 130 Å². The van der Waals surface area contributed by atoms with Crippen LogP contribution in [0.4, 0.5) is 5.95 Å². The van der Waals surface area contributed by atoms with E-state index in [1.807, 2.05) is 13.0 Å². The van der Waals surface area contributed by atoms with E-state index in [4.69, 9.17) is 4.42 Å². The lowest BCUT2D eigenvalue weighted by atomic mass is 10.1. The Kier molecular flexibility index (Phi) is 5.52. The van der Waals surface area contributed by atoms with Crippen molar-refractivity contribution >= 4 is 11.9 Å². The summed E-state index contributed by atoms with van der Waals surface area (Å²) in [6.07, 6.45) is 2.60. The molecule has 2 N–H and O–H groups in total. The van der Waals surface area contributed by atoms with Gasteiger partial charge in [0.1, 0.15) is 11.5 Å². The van der Waals surface area contributed by atoms with Crippen LogP contribution >= 0.6 is 0 Å². The third-order valence-corrected chi connectivity index (χ3v) is 3.09. The van der Waals surface area contributed by atoms with Crippen LogP contribution in [0.1, 0.15) is 42.2 Å². The molecule has 0 saturated heterocycles. The summed E-state index contributed by atoms with van der Waals surface area (Å²) in [5, 5.41) is 5.94. The molecule has 118 valence electrons. The van der Waals surface area contributed by atoms with Crippen LogP contribution in [0.25, 0.3) is 0 Å². The molecule has 0 unspecified atom stereocenters. The standard InChI is InChI=1S/C16H22N4O2/c1-11(2)6-7-17-16-19-12(3)9-14(20-16)15(21)18-10-13-5-4-8-22-13/h4-5,8-9,11H,6-7,10H2,1-3H3,(H,18,21)(H,17,19,20). The molecular formula is C16H22N4O2. The average molecular weight is 302 g/mol. The maximum absolute atomic E-state index is 12.2. The van der Waals surface area contributed by atoms with E-state index in [1.165, 1.54) is 0 Å². The highest BCUT2D eigenvalue weighted by Crippen LogP contribution is 2.07. The van der Waals surface area contributed by atoms with Crippen LogP contribution in [0.5, 0.6) is 0 Å². The molecule has 0 radical (unpaired) electrons. The summed E-state index contributed by atoms with van der Waals surface area (Å²) >= 11 is 0. The smallest absolute Gasteiger partial charge is 0.270 e. The number of anilines is 1. The second kappa shape index (κ2) is 7.59. The van der Waals surface area contributed by atoms with Gasteiger partial charge in [-0.2, -0.15) is 0 Å². The van der Waals surface area contributed by atoms with Crippen LogP contribution in [0.15, 0.2) is 28.9 Å². The van der Waals surface area contributed by atoms with E-state index in [9.17, 15) is 4.79 Å². The van der Waals surface area contributed by atoms with Crippen molar-refractivity contribution < 1.29 is 9.21 Å². The van der Waals surface area contributed by atoms with Crippen molar-refractivity contribution in [1.82, 2.24) is 15.3 Å². The Bertz CT molecular complexity index is 609. The predicted molar refractivity (Wildman–Crippen MR) is 84.6 cm³/mol. The van der Waals surface area contributed by atoms with Crippen molar-refractivity contribution in [2.24, 2.45) is 5.92 Å². The number of amides is 1. The Morgan fingerprint density at radius 3 is 2.86 bits per heavy atom. The van der Waals surface area contributed by atoms with Crippen LogP contribution in [0, 0.1) is 12.8 Å². The highest BCUT2D eigenvalue weighted by molar-refractivity contribution is 5.92. The molecule has 0 aliphatic carbocycles. The lowest BCUT2D eigenvalue weighted by Crippen LogP contribution is -2.24. The van der Waals surface area contributed by atoms with E-state index in [1.54, 1.807) is 18.4 Å². The summed E-state index contributed by atoms with van der Waals surface area (Å²) in [4.78, 5) is 20.7. The van der Waals surface area contributed by atoms with Gasteiger partial charge in [-0.05, 0) is 37.5 Å². The molecule has 22 heavy (non-hydrogen) atoms. The van der Waals surface area contributed by atoms with E-state index in [2.05, 4.69) is 34.4 Å². The van der Waals surface area contributed by atoms with Gasteiger partial charge in [0.25, 0.3) is 5.91 Å². The Hall–Kier alpha value is -2.37. The number of aromatic nitrogens is 2. The molecule has 0 spiro atoms. The molecule has 0 fully saturated rings. The minimum atomic E-state index is -0.242. The fraction of sp³-hybridized carbons (Fsp3) is 0.438. The zero-order valence-corrected chi connectivity index (χ0v) is 13.2. The van der Waals surface area contributed by atoms with Gasteiger partial charge in [0.2, 0.25) is 5.95 Å². The summed E-state index contributed by atoms with van der Waals surface area (Å²) in [7, 11) is 0. The first kappa shape index (κ1) is 16.0.